The number of ether oxygens (including phenoxy) is 2. The van der Waals surface area contributed by atoms with Crippen molar-refractivity contribution in [2.45, 2.75) is 31.8 Å². The molecule has 0 aliphatic carbocycles. The standard InChI is InChI=1S/C18H24N2O5/c1-19(12-6-9-25-10-7-12)18(23)20-8-5-13-14(17(21)22)3-4-16(24-2)15(13)11-20/h3-4,12H,5-11H2,1-2H3,(H,21,22). The van der Waals surface area contributed by atoms with Gasteiger partial charge in [-0.1, -0.05) is 0 Å². The number of hydrogen-bond donors (Lipinski definition) is 1. The topological polar surface area (TPSA) is 79.3 Å². The van der Waals surface area contributed by atoms with E-state index in [0.29, 0.717) is 44.0 Å². The van der Waals surface area contributed by atoms with Gasteiger partial charge in [-0.15, -0.1) is 0 Å². The number of carbonyl (C=O) groups is 2. The van der Waals surface area contributed by atoms with Crippen LogP contribution in [0.15, 0.2) is 12.1 Å². The van der Waals surface area contributed by atoms with Crippen LogP contribution >= 0.6 is 0 Å². The number of carboxylic acids is 1. The molecule has 2 aliphatic rings. The minimum atomic E-state index is -0.946. The highest BCUT2D eigenvalue weighted by Crippen LogP contribution is 2.31. The Labute approximate surface area is 147 Å². The highest BCUT2D eigenvalue weighted by Gasteiger charge is 2.31. The molecule has 25 heavy (non-hydrogen) atoms. The Bertz CT molecular complexity index is 670. The fourth-order valence-corrected chi connectivity index (χ4v) is 3.65. The van der Waals surface area contributed by atoms with E-state index in [-0.39, 0.29) is 12.1 Å². The first-order valence-electron chi connectivity index (χ1n) is 8.54. The van der Waals surface area contributed by atoms with Crippen molar-refractivity contribution in [2.24, 2.45) is 0 Å². The lowest BCUT2D eigenvalue weighted by Gasteiger charge is -2.37. The number of carboxylic acid groups (broad SMARTS) is 1. The molecule has 7 nitrogen and oxygen atoms in total. The van der Waals surface area contributed by atoms with Gasteiger partial charge in [0.1, 0.15) is 5.75 Å². The zero-order chi connectivity index (χ0) is 18.0. The summed E-state index contributed by atoms with van der Waals surface area (Å²) in [5.74, 6) is -0.316. The Morgan fingerprint density at radius 1 is 1.28 bits per heavy atom. The maximum absolute atomic E-state index is 12.9. The monoisotopic (exact) mass is 348 g/mol. The second-order valence-corrected chi connectivity index (χ2v) is 6.49. The van der Waals surface area contributed by atoms with Crippen molar-refractivity contribution >= 4 is 12.0 Å². The summed E-state index contributed by atoms with van der Waals surface area (Å²) < 4.78 is 10.8. The molecular formula is C18H24N2O5. The lowest BCUT2D eigenvalue weighted by molar-refractivity contribution is 0.0456. The maximum atomic E-state index is 12.9. The number of nitrogens with zero attached hydrogens (tertiary/aromatic N) is 2. The first-order chi connectivity index (χ1) is 12.0. The van der Waals surface area contributed by atoms with Crippen molar-refractivity contribution in [1.29, 1.82) is 0 Å². The van der Waals surface area contributed by atoms with Crippen molar-refractivity contribution in [3.63, 3.8) is 0 Å². The Hall–Kier alpha value is -2.28. The third-order valence-electron chi connectivity index (χ3n) is 5.13. The number of hydrogen-bond acceptors (Lipinski definition) is 4. The average Bonchev–Trinajstić information content (AvgIpc) is 2.65. The third kappa shape index (κ3) is 3.42. The second kappa shape index (κ2) is 7.31. The van der Waals surface area contributed by atoms with Gasteiger partial charge in [-0.2, -0.15) is 0 Å². The molecule has 0 unspecified atom stereocenters. The molecule has 2 aliphatic heterocycles. The number of carbonyl (C=O) groups excluding carboxylic acids is 1. The normalized spacial score (nSPS) is 17.8. The van der Waals surface area contributed by atoms with Crippen LogP contribution in [-0.4, -0.2) is 66.9 Å². The van der Waals surface area contributed by atoms with Crippen molar-refractivity contribution in [1.82, 2.24) is 9.80 Å². The molecule has 136 valence electrons. The molecule has 2 heterocycles. The van der Waals surface area contributed by atoms with Crippen LogP contribution < -0.4 is 4.74 Å². The minimum absolute atomic E-state index is 0.0275. The van der Waals surface area contributed by atoms with Crippen molar-refractivity contribution in [3.05, 3.63) is 28.8 Å². The van der Waals surface area contributed by atoms with Crippen LogP contribution in [-0.2, 0) is 17.7 Å². The first-order valence-corrected chi connectivity index (χ1v) is 8.54. The van der Waals surface area contributed by atoms with Gasteiger partial charge in [-0.05, 0) is 37.0 Å². The molecule has 1 saturated heterocycles. The Kier molecular flexibility index (Phi) is 5.13. The summed E-state index contributed by atoms with van der Waals surface area (Å²) in [6.45, 7) is 2.24. The smallest absolute Gasteiger partial charge is 0.335 e. The predicted octanol–water partition coefficient (Wildman–Crippen LogP) is 1.98. The lowest BCUT2D eigenvalue weighted by atomic mass is 9.93. The molecule has 3 rings (SSSR count). The molecule has 7 heteroatoms. The van der Waals surface area contributed by atoms with E-state index in [9.17, 15) is 14.7 Å². The molecule has 0 spiro atoms. The van der Waals surface area contributed by atoms with Gasteiger partial charge in [0.2, 0.25) is 0 Å². The van der Waals surface area contributed by atoms with E-state index in [1.165, 1.54) is 0 Å². The number of amides is 2. The van der Waals surface area contributed by atoms with E-state index >= 15 is 0 Å². The molecule has 2 amide bonds. The Morgan fingerprint density at radius 2 is 2.00 bits per heavy atom. The largest absolute Gasteiger partial charge is 0.496 e. The summed E-state index contributed by atoms with van der Waals surface area (Å²) in [5.41, 5.74) is 1.85. The molecule has 1 aromatic rings. The van der Waals surface area contributed by atoms with Crippen LogP contribution in [0.1, 0.15) is 34.3 Å². The van der Waals surface area contributed by atoms with Crippen LogP contribution in [0.5, 0.6) is 5.75 Å². The van der Waals surface area contributed by atoms with Gasteiger partial charge in [0.15, 0.2) is 0 Å². The van der Waals surface area contributed by atoms with E-state index in [0.717, 1.165) is 24.0 Å². The summed E-state index contributed by atoms with van der Waals surface area (Å²) in [5, 5.41) is 9.40. The van der Waals surface area contributed by atoms with Crippen molar-refractivity contribution < 1.29 is 24.2 Å². The second-order valence-electron chi connectivity index (χ2n) is 6.49. The summed E-state index contributed by atoms with van der Waals surface area (Å²) in [6.07, 6.45) is 2.21. The fraction of sp³-hybridized carbons (Fsp3) is 0.556. The van der Waals surface area contributed by atoms with Crippen molar-refractivity contribution in [2.75, 3.05) is 33.9 Å². The summed E-state index contributed by atoms with van der Waals surface area (Å²) in [4.78, 5) is 27.9. The van der Waals surface area contributed by atoms with E-state index < -0.39 is 5.97 Å². The van der Waals surface area contributed by atoms with Gasteiger partial charge < -0.3 is 24.4 Å². The number of benzene rings is 1. The third-order valence-corrected chi connectivity index (χ3v) is 5.13. The maximum Gasteiger partial charge on any atom is 0.335 e. The molecule has 1 fully saturated rings. The van der Waals surface area contributed by atoms with Crippen LogP contribution in [0.4, 0.5) is 4.79 Å². The van der Waals surface area contributed by atoms with Gasteiger partial charge in [0.25, 0.3) is 0 Å². The number of aromatic carboxylic acids is 1. The zero-order valence-corrected chi connectivity index (χ0v) is 14.7. The molecule has 0 bridgehead atoms. The molecule has 0 radical (unpaired) electrons. The molecule has 0 aromatic heterocycles. The minimum Gasteiger partial charge on any atom is -0.496 e. The van der Waals surface area contributed by atoms with E-state index in [1.54, 1.807) is 29.0 Å². The molecule has 0 atom stereocenters. The molecule has 0 saturated carbocycles. The molecule has 1 N–H and O–H groups in total. The zero-order valence-electron chi connectivity index (χ0n) is 14.7. The summed E-state index contributed by atoms with van der Waals surface area (Å²) in [7, 11) is 3.39. The van der Waals surface area contributed by atoms with Crippen LogP contribution in [0, 0.1) is 0 Å². The highest BCUT2D eigenvalue weighted by atomic mass is 16.5. The summed E-state index contributed by atoms with van der Waals surface area (Å²) in [6, 6.07) is 3.40. The van der Waals surface area contributed by atoms with Crippen molar-refractivity contribution in [3.8, 4) is 5.75 Å². The van der Waals surface area contributed by atoms with Gasteiger partial charge >= 0.3 is 12.0 Å². The van der Waals surface area contributed by atoms with Crippen LogP contribution in [0.2, 0.25) is 0 Å². The van der Waals surface area contributed by atoms with Crippen LogP contribution in [0.3, 0.4) is 0 Å². The molecule has 1 aromatic carbocycles. The Morgan fingerprint density at radius 3 is 2.64 bits per heavy atom. The predicted molar refractivity (Wildman–Crippen MR) is 91.1 cm³/mol. The lowest BCUT2D eigenvalue weighted by Crippen LogP contribution is -2.49. The average molecular weight is 348 g/mol. The number of rotatable bonds is 3. The van der Waals surface area contributed by atoms with Gasteiger partial charge in [-0.25, -0.2) is 9.59 Å². The fourth-order valence-electron chi connectivity index (χ4n) is 3.65. The Balaban J connectivity index is 1.81. The van der Waals surface area contributed by atoms with Gasteiger partial charge in [-0.3, -0.25) is 0 Å². The van der Waals surface area contributed by atoms with Gasteiger partial charge in [0.05, 0.1) is 19.2 Å². The quantitative estimate of drug-likeness (QED) is 0.904. The summed E-state index contributed by atoms with van der Waals surface area (Å²) >= 11 is 0. The van der Waals surface area contributed by atoms with Gasteiger partial charge in [0, 0.05) is 38.4 Å². The van der Waals surface area contributed by atoms with Crippen LogP contribution in [0.25, 0.3) is 0 Å². The SMILES string of the molecule is COc1ccc(C(=O)O)c2c1CN(C(=O)N(C)C1CCOCC1)CC2. The number of urea groups is 1. The van der Waals surface area contributed by atoms with E-state index in [4.69, 9.17) is 9.47 Å². The van der Waals surface area contributed by atoms with E-state index in [1.807, 2.05) is 7.05 Å². The number of methoxy groups -OCH3 is 1. The molecular weight excluding hydrogens is 324 g/mol. The first kappa shape index (κ1) is 17.5. The van der Waals surface area contributed by atoms with E-state index in [2.05, 4.69) is 0 Å². The highest BCUT2D eigenvalue weighted by molar-refractivity contribution is 5.90. The number of fused-ring (bicyclic) bond motifs is 1.